The third-order valence-corrected chi connectivity index (χ3v) is 3.55. The van der Waals surface area contributed by atoms with E-state index < -0.39 is 6.10 Å². The number of nitrogens with two attached hydrogens (primary N) is 1. The Morgan fingerprint density at radius 2 is 2.25 bits per heavy atom. The van der Waals surface area contributed by atoms with E-state index in [1.54, 1.807) is 11.0 Å². The number of aliphatic hydroxyl groups is 1. The number of likely N-dealkylation sites (tertiary alicyclic amines) is 1. The Bertz CT molecular complexity index is 659. The van der Waals surface area contributed by atoms with Gasteiger partial charge < -0.3 is 15.4 Å². The second-order valence-electron chi connectivity index (χ2n) is 4.92. The summed E-state index contributed by atoms with van der Waals surface area (Å²) in [5.41, 5.74) is 2.87. The van der Waals surface area contributed by atoms with Gasteiger partial charge in [0.25, 0.3) is 5.91 Å². The van der Waals surface area contributed by atoms with Crippen molar-refractivity contribution in [1.29, 1.82) is 0 Å². The van der Waals surface area contributed by atoms with Crippen LogP contribution in [0.5, 0.6) is 0 Å². The molecule has 2 heterocycles. The Kier molecular flexibility index (Phi) is 3.25. The normalized spacial score (nSPS) is 18.5. The number of fused-ring (bicyclic) bond motifs is 1. The zero-order valence-electron chi connectivity index (χ0n) is 10.9. The number of hydrogen-bond acceptors (Lipinski definition) is 5. The van der Waals surface area contributed by atoms with Gasteiger partial charge in [0.05, 0.1) is 6.10 Å². The van der Waals surface area contributed by atoms with Crippen LogP contribution in [0.4, 0.5) is 5.82 Å². The maximum atomic E-state index is 12.4. The van der Waals surface area contributed by atoms with Gasteiger partial charge in [0.15, 0.2) is 0 Å². The number of β-amino-alcohol motifs (C(OH)–C–C–N with tert-alkyl or cyclic N) is 1. The summed E-state index contributed by atoms with van der Waals surface area (Å²) in [6.45, 7) is 0.915. The molecule has 3 rings (SSSR count). The number of carbonyl (C=O) groups is 1. The zero-order chi connectivity index (χ0) is 14.1. The number of aromatic nitrogens is 1. The number of anilines is 1. The number of nitrogens with zero attached hydrogens (tertiary/aromatic N) is 2. The molecule has 1 amide bonds. The van der Waals surface area contributed by atoms with Gasteiger partial charge in [-0.15, -0.1) is 0 Å². The van der Waals surface area contributed by atoms with Gasteiger partial charge in [-0.3, -0.25) is 4.79 Å². The molecule has 0 aliphatic carbocycles. The van der Waals surface area contributed by atoms with E-state index in [1.165, 1.54) is 0 Å². The van der Waals surface area contributed by atoms with E-state index in [1.807, 2.05) is 24.3 Å². The predicted molar refractivity (Wildman–Crippen MR) is 76.1 cm³/mol. The predicted octanol–water partition coefficient (Wildman–Crippen LogP) is 0.727. The molecule has 1 atom stereocenters. The number of nitrogen functional groups attached to an aromatic ring is 1. The molecule has 20 heavy (non-hydrogen) atoms. The van der Waals surface area contributed by atoms with Gasteiger partial charge in [-0.25, -0.2) is 10.8 Å². The second kappa shape index (κ2) is 5.07. The fourth-order valence-corrected chi connectivity index (χ4v) is 2.51. The van der Waals surface area contributed by atoms with Crippen LogP contribution < -0.4 is 11.3 Å². The topological polar surface area (TPSA) is 91.5 Å². The molecule has 104 valence electrons. The van der Waals surface area contributed by atoms with E-state index in [-0.39, 0.29) is 5.91 Å². The Hall–Kier alpha value is -2.18. The lowest BCUT2D eigenvalue weighted by atomic mass is 10.1. The average Bonchev–Trinajstić information content (AvgIpc) is 2.91. The maximum Gasteiger partial charge on any atom is 0.272 e. The molecule has 1 fully saturated rings. The summed E-state index contributed by atoms with van der Waals surface area (Å²) >= 11 is 0. The molecule has 1 saturated heterocycles. The highest BCUT2D eigenvalue weighted by Crippen LogP contribution is 2.23. The van der Waals surface area contributed by atoms with Gasteiger partial charge >= 0.3 is 0 Å². The summed E-state index contributed by atoms with van der Waals surface area (Å²) in [6, 6.07) is 9.35. The number of carbonyl (C=O) groups excluding carboxylic acids is 1. The molecule has 1 aliphatic rings. The monoisotopic (exact) mass is 272 g/mol. The fourth-order valence-electron chi connectivity index (χ4n) is 2.51. The zero-order valence-corrected chi connectivity index (χ0v) is 10.9. The van der Waals surface area contributed by atoms with Crippen molar-refractivity contribution < 1.29 is 9.90 Å². The number of pyridine rings is 1. The SMILES string of the molecule is NNc1nc(C(=O)N2CCC(O)C2)cc2ccccc12. The van der Waals surface area contributed by atoms with E-state index in [2.05, 4.69) is 10.4 Å². The highest BCUT2D eigenvalue weighted by molar-refractivity contribution is 6.00. The lowest BCUT2D eigenvalue weighted by Crippen LogP contribution is -2.30. The Morgan fingerprint density at radius 3 is 2.95 bits per heavy atom. The first kappa shape index (κ1) is 12.8. The van der Waals surface area contributed by atoms with Crippen LogP contribution in [0.25, 0.3) is 10.8 Å². The quantitative estimate of drug-likeness (QED) is 0.553. The van der Waals surface area contributed by atoms with Gasteiger partial charge in [-0.2, -0.15) is 0 Å². The number of benzene rings is 1. The van der Waals surface area contributed by atoms with Crippen LogP contribution in [0, 0.1) is 0 Å². The summed E-state index contributed by atoms with van der Waals surface area (Å²) in [6.07, 6.45) is 0.174. The van der Waals surface area contributed by atoms with Crippen LogP contribution in [-0.4, -0.2) is 40.1 Å². The first-order valence-electron chi connectivity index (χ1n) is 6.53. The Labute approximate surface area is 116 Å². The summed E-state index contributed by atoms with van der Waals surface area (Å²) in [5, 5.41) is 11.3. The highest BCUT2D eigenvalue weighted by atomic mass is 16.3. The van der Waals surface area contributed by atoms with Crippen LogP contribution in [0.15, 0.2) is 30.3 Å². The van der Waals surface area contributed by atoms with Gasteiger partial charge in [0.2, 0.25) is 0 Å². The molecule has 1 aliphatic heterocycles. The van der Waals surface area contributed by atoms with Crippen LogP contribution in [0.3, 0.4) is 0 Å². The molecular formula is C14H16N4O2. The minimum atomic E-state index is -0.438. The molecule has 2 aromatic rings. The van der Waals surface area contributed by atoms with E-state index in [4.69, 9.17) is 5.84 Å². The second-order valence-corrected chi connectivity index (χ2v) is 4.92. The Balaban J connectivity index is 2.01. The molecule has 0 bridgehead atoms. The van der Waals surface area contributed by atoms with Crippen LogP contribution in [0.2, 0.25) is 0 Å². The minimum Gasteiger partial charge on any atom is -0.391 e. The van der Waals surface area contributed by atoms with Crippen molar-refractivity contribution in [3.63, 3.8) is 0 Å². The average molecular weight is 272 g/mol. The molecule has 1 aromatic heterocycles. The number of aliphatic hydroxyl groups excluding tert-OH is 1. The first-order valence-corrected chi connectivity index (χ1v) is 6.53. The Morgan fingerprint density at radius 1 is 1.45 bits per heavy atom. The minimum absolute atomic E-state index is 0.177. The maximum absolute atomic E-state index is 12.4. The van der Waals surface area contributed by atoms with Crippen molar-refractivity contribution in [3.05, 3.63) is 36.0 Å². The number of nitrogens with one attached hydrogen (secondary N) is 1. The molecule has 0 saturated carbocycles. The van der Waals surface area contributed by atoms with E-state index in [0.29, 0.717) is 31.0 Å². The van der Waals surface area contributed by atoms with Gasteiger partial charge in [0, 0.05) is 18.5 Å². The van der Waals surface area contributed by atoms with Crippen LogP contribution in [-0.2, 0) is 0 Å². The molecule has 6 nitrogen and oxygen atoms in total. The smallest absolute Gasteiger partial charge is 0.272 e. The van der Waals surface area contributed by atoms with Gasteiger partial charge in [-0.05, 0) is 17.9 Å². The molecule has 6 heteroatoms. The van der Waals surface area contributed by atoms with E-state index in [9.17, 15) is 9.90 Å². The van der Waals surface area contributed by atoms with Gasteiger partial charge in [-0.1, -0.05) is 24.3 Å². The third kappa shape index (κ3) is 2.19. The lowest BCUT2D eigenvalue weighted by Gasteiger charge is -2.16. The van der Waals surface area contributed by atoms with E-state index in [0.717, 1.165) is 10.8 Å². The summed E-state index contributed by atoms with van der Waals surface area (Å²) < 4.78 is 0. The third-order valence-electron chi connectivity index (χ3n) is 3.55. The highest BCUT2D eigenvalue weighted by Gasteiger charge is 2.26. The number of amides is 1. The number of rotatable bonds is 2. The van der Waals surface area contributed by atoms with Crippen molar-refractivity contribution in [2.45, 2.75) is 12.5 Å². The standard InChI is InChI=1S/C14H16N4O2/c15-17-13-11-4-2-1-3-9(11)7-12(16-13)14(20)18-6-5-10(19)8-18/h1-4,7,10,19H,5-6,8,15H2,(H,16,17). The van der Waals surface area contributed by atoms with Gasteiger partial charge in [0.1, 0.15) is 11.5 Å². The number of hydrazine groups is 1. The fraction of sp³-hybridized carbons (Fsp3) is 0.286. The first-order chi connectivity index (χ1) is 9.69. The molecule has 0 radical (unpaired) electrons. The molecule has 1 unspecified atom stereocenters. The summed E-state index contributed by atoms with van der Waals surface area (Å²) in [5.74, 6) is 5.78. The van der Waals surface area contributed by atoms with Crippen molar-refractivity contribution in [2.75, 3.05) is 18.5 Å². The molecule has 1 aromatic carbocycles. The summed E-state index contributed by atoms with van der Waals surface area (Å²) in [4.78, 5) is 18.3. The van der Waals surface area contributed by atoms with Crippen molar-refractivity contribution in [2.24, 2.45) is 5.84 Å². The lowest BCUT2D eigenvalue weighted by molar-refractivity contribution is 0.0759. The summed E-state index contributed by atoms with van der Waals surface area (Å²) in [7, 11) is 0. The van der Waals surface area contributed by atoms with Crippen molar-refractivity contribution in [1.82, 2.24) is 9.88 Å². The van der Waals surface area contributed by atoms with Crippen LogP contribution >= 0.6 is 0 Å². The van der Waals surface area contributed by atoms with E-state index >= 15 is 0 Å². The molecular weight excluding hydrogens is 256 g/mol. The molecule has 4 N–H and O–H groups in total. The van der Waals surface area contributed by atoms with Crippen molar-refractivity contribution in [3.8, 4) is 0 Å². The van der Waals surface area contributed by atoms with Crippen LogP contribution in [0.1, 0.15) is 16.9 Å². The van der Waals surface area contributed by atoms with Crippen molar-refractivity contribution >= 4 is 22.5 Å². The molecule has 0 spiro atoms. The largest absolute Gasteiger partial charge is 0.391 e. The number of hydrogen-bond donors (Lipinski definition) is 3.